The number of allylic oxidation sites excluding steroid dienone is 1. The minimum absolute atomic E-state index is 0.224. The van der Waals surface area contributed by atoms with Crippen LogP contribution in [0.2, 0.25) is 5.02 Å². The Morgan fingerprint density at radius 2 is 1.87 bits per heavy atom. The van der Waals surface area contributed by atoms with Gasteiger partial charge in [0.15, 0.2) is 4.80 Å². The molecule has 0 saturated heterocycles. The standard InChI is InChI=1S/C23H19ClN2O3S/c1-13-8-10-15(11-9-13)12-18-21(27)26-20(16-6-4-5-7-17(16)24)19(22(28)29-3)14(2)25-23(26)30-18/h4-12,20H,1-3H3/b18-12+/t20-/m1/s1. The van der Waals surface area contributed by atoms with Crippen molar-refractivity contribution >= 4 is 35.0 Å². The molecule has 2 heterocycles. The van der Waals surface area contributed by atoms with Gasteiger partial charge in [0.05, 0.1) is 22.9 Å². The summed E-state index contributed by atoms with van der Waals surface area (Å²) in [5.74, 6) is -0.533. The number of carbonyl (C=O) groups excluding carboxylic acids is 1. The molecule has 3 aromatic rings. The SMILES string of the molecule is COC(=O)C1=C(C)N=c2s/c(=C/c3ccc(C)cc3)c(=O)n2[C@@H]1c1ccccc1Cl. The van der Waals surface area contributed by atoms with E-state index in [1.165, 1.54) is 23.0 Å². The second kappa shape index (κ2) is 8.05. The summed E-state index contributed by atoms with van der Waals surface area (Å²) in [4.78, 5) is 31.1. The first-order valence-corrected chi connectivity index (χ1v) is 10.5. The van der Waals surface area contributed by atoms with Gasteiger partial charge in [0.1, 0.15) is 6.04 Å². The number of aryl methyl sites for hydroxylation is 1. The third-order valence-electron chi connectivity index (χ3n) is 5.00. The van der Waals surface area contributed by atoms with Gasteiger partial charge < -0.3 is 4.74 Å². The molecule has 1 aromatic heterocycles. The van der Waals surface area contributed by atoms with Gasteiger partial charge in [-0.1, -0.05) is 71.0 Å². The van der Waals surface area contributed by atoms with E-state index in [1.54, 1.807) is 19.1 Å². The highest BCUT2D eigenvalue weighted by Gasteiger charge is 2.34. The highest BCUT2D eigenvalue weighted by Crippen LogP contribution is 2.34. The third kappa shape index (κ3) is 3.53. The largest absolute Gasteiger partial charge is 0.466 e. The molecule has 1 aliphatic heterocycles. The number of hydrogen-bond acceptors (Lipinski definition) is 5. The van der Waals surface area contributed by atoms with Gasteiger partial charge in [-0.3, -0.25) is 9.36 Å². The number of hydrogen-bond donors (Lipinski definition) is 0. The zero-order valence-corrected chi connectivity index (χ0v) is 18.3. The molecule has 0 bridgehead atoms. The molecule has 0 radical (unpaired) electrons. The van der Waals surface area contributed by atoms with E-state index >= 15 is 0 Å². The Morgan fingerprint density at radius 3 is 2.53 bits per heavy atom. The van der Waals surface area contributed by atoms with Crippen LogP contribution in [-0.2, 0) is 9.53 Å². The third-order valence-corrected chi connectivity index (χ3v) is 6.33. The highest BCUT2D eigenvalue weighted by atomic mass is 35.5. The zero-order chi connectivity index (χ0) is 21.4. The summed E-state index contributed by atoms with van der Waals surface area (Å²) in [7, 11) is 1.31. The summed E-state index contributed by atoms with van der Waals surface area (Å²) >= 11 is 7.75. The maximum Gasteiger partial charge on any atom is 0.338 e. The number of aromatic nitrogens is 1. The number of rotatable bonds is 3. The fraction of sp³-hybridized carbons (Fsp3) is 0.174. The fourth-order valence-electron chi connectivity index (χ4n) is 3.50. The average Bonchev–Trinajstić information content (AvgIpc) is 3.03. The van der Waals surface area contributed by atoms with Gasteiger partial charge in [-0.15, -0.1) is 0 Å². The number of esters is 1. The Kier molecular flexibility index (Phi) is 5.45. The summed E-state index contributed by atoms with van der Waals surface area (Å²) in [6.45, 7) is 3.76. The van der Waals surface area contributed by atoms with E-state index in [1.807, 2.05) is 49.4 Å². The monoisotopic (exact) mass is 438 g/mol. The van der Waals surface area contributed by atoms with Crippen LogP contribution in [0.25, 0.3) is 6.08 Å². The lowest BCUT2D eigenvalue weighted by atomic mass is 9.96. The van der Waals surface area contributed by atoms with E-state index in [0.29, 0.717) is 31.2 Å². The molecule has 0 saturated carbocycles. The van der Waals surface area contributed by atoms with Crippen LogP contribution in [0.5, 0.6) is 0 Å². The number of nitrogens with zero attached hydrogens (tertiary/aromatic N) is 2. The second-order valence-electron chi connectivity index (χ2n) is 7.01. The van der Waals surface area contributed by atoms with E-state index in [4.69, 9.17) is 16.3 Å². The first kappa shape index (κ1) is 20.3. The molecular formula is C23H19ClN2O3S. The molecule has 0 N–H and O–H groups in total. The van der Waals surface area contributed by atoms with Gasteiger partial charge in [-0.2, -0.15) is 0 Å². The molecule has 4 rings (SSSR count). The van der Waals surface area contributed by atoms with E-state index < -0.39 is 12.0 Å². The van der Waals surface area contributed by atoms with Crippen LogP contribution >= 0.6 is 22.9 Å². The second-order valence-corrected chi connectivity index (χ2v) is 8.42. The highest BCUT2D eigenvalue weighted by molar-refractivity contribution is 7.07. The van der Waals surface area contributed by atoms with Crippen molar-refractivity contribution in [2.24, 2.45) is 4.99 Å². The normalized spacial score (nSPS) is 16.3. The van der Waals surface area contributed by atoms with E-state index in [2.05, 4.69) is 4.99 Å². The lowest BCUT2D eigenvalue weighted by Gasteiger charge is -2.25. The smallest absolute Gasteiger partial charge is 0.338 e. The Labute approximate surface area is 182 Å². The predicted molar refractivity (Wildman–Crippen MR) is 118 cm³/mol. The molecule has 5 nitrogen and oxygen atoms in total. The lowest BCUT2D eigenvalue weighted by Crippen LogP contribution is -2.39. The molecule has 2 aromatic carbocycles. The van der Waals surface area contributed by atoms with Crippen LogP contribution in [0.3, 0.4) is 0 Å². The van der Waals surface area contributed by atoms with Gasteiger partial charge in [-0.05, 0) is 37.1 Å². The molecule has 1 atom stereocenters. The van der Waals surface area contributed by atoms with Crippen LogP contribution in [0.15, 0.2) is 69.6 Å². The average molecular weight is 439 g/mol. The summed E-state index contributed by atoms with van der Waals surface area (Å²) in [5, 5.41) is 0.465. The van der Waals surface area contributed by atoms with E-state index in [9.17, 15) is 9.59 Å². The number of carbonyl (C=O) groups is 1. The van der Waals surface area contributed by atoms with Crippen molar-refractivity contribution < 1.29 is 9.53 Å². The van der Waals surface area contributed by atoms with Gasteiger partial charge in [-0.25, -0.2) is 9.79 Å². The molecule has 152 valence electrons. The fourth-order valence-corrected chi connectivity index (χ4v) is 4.78. The Balaban J connectivity index is 2.00. The first-order valence-electron chi connectivity index (χ1n) is 9.32. The zero-order valence-electron chi connectivity index (χ0n) is 16.7. The predicted octanol–water partition coefficient (Wildman–Crippen LogP) is 3.37. The summed E-state index contributed by atoms with van der Waals surface area (Å²) in [6, 6.07) is 14.4. The van der Waals surface area contributed by atoms with Crippen molar-refractivity contribution in [3.8, 4) is 0 Å². The van der Waals surface area contributed by atoms with Gasteiger partial charge in [0.25, 0.3) is 5.56 Å². The van der Waals surface area contributed by atoms with Crippen LogP contribution in [0.1, 0.15) is 29.7 Å². The minimum Gasteiger partial charge on any atom is -0.466 e. The van der Waals surface area contributed by atoms with Crippen molar-refractivity contribution in [3.63, 3.8) is 0 Å². The molecular weight excluding hydrogens is 420 g/mol. The van der Waals surface area contributed by atoms with Gasteiger partial charge >= 0.3 is 5.97 Å². The number of thiazole rings is 1. The molecule has 30 heavy (non-hydrogen) atoms. The number of fused-ring (bicyclic) bond motifs is 1. The van der Waals surface area contributed by atoms with Crippen molar-refractivity contribution in [1.82, 2.24) is 4.57 Å². The number of halogens is 1. The van der Waals surface area contributed by atoms with E-state index in [-0.39, 0.29) is 5.56 Å². The summed E-state index contributed by atoms with van der Waals surface area (Å²) < 4.78 is 7.07. The molecule has 0 fully saturated rings. The first-order chi connectivity index (χ1) is 14.4. The minimum atomic E-state index is -0.706. The van der Waals surface area contributed by atoms with Crippen LogP contribution < -0.4 is 14.9 Å². The molecule has 1 aliphatic rings. The Bertz CT molecular complexity index is 1350. The Hall–Kier alpha value is -2.96. The summed E-state index contributed by atoms with van der Waals surface area (Å²) in [6.07, 6.45) is 1.84. The van der Waals surface area contributed by atoms with Crippen molar-refractivity contribution in [1.29, 1.82) is 0 Å². The van der Waals surface area contributed by atoms with Crippen LogP contribution in [-0.4, -0.2) is 17.6 Å². The number of benzene rings is 2. The molecule has 7 heteroatoms. The van der Waals surface area contributed by atoms with E-state index in [0.717, 1.165) is 11.1 Å². The lowest BCUT2D eigenvalue weighted by molar-refractivity contribution is -0.136. The maximum atomic E-state index is 13.4. The summed E-state index contributed by atoms with van der Waals surface area (Å²) in [5.41, 5.74) is 3.31. The van der Waals surface area contributed by atoms with Crippen LogP contribution in [0.4, 0.5) is 0 Å². The molecule has 0 unspecified atom stereocenters. The van der Waals surface area contributed by atoms with Crippen molar-refractivity contribution in [2.45, 2.75) is 19.9 Å². The van der Waals surface area contributed by atoms with Crippen molar-refractivity contribution in [2.75, 3.05) is 7.11 Å². The topological polar surface area (TPSA) is 60.7 Å². The van der Waals surface area contributed by atoms with Gasteiger partial charge in [0.2, 0.25) is 0 Å². The molecule has 0 amide bonds. The molecule has 0 spiro atoms. The Morgan fingerprint density at radius 1 is 1.17 bits per heavy atom. The van der Waals surface area contributed by atoms with Crippen molar-refractivity contribution in [3.05, 3.63) is 101 Å². The van der Waals surface area contributed by atoms with Crippen LogP contribution in [0, 0.1) is 6.92 Å². The quantitative estimate of drug-likeness (QED) is 0.589. The molecule has 0 aliphatic carbocycles. The number of ether oxygens (including phenoxy) is 1. The maximum absolute atomic E-state index is 13.4. The number of methoxy groups -OCH3 is 1. The van der Waals surface area contributed by atoms with Gasteiger partial charge in [0, 0.05) is 5.02 Å².